The molecule has 0 unspecified atom stereocenters. The Morgan fingerprint density at radius 2 is 1.68 bits per heavy atom. The van der Waals surface area contributed by atoms with E-state index in [1.54, 1.807) is 11.6 Å². The third-order valence-electron chi connectivity index (χ3n) is 5.05. The summed E-state index contributed by atoms with van der Waals surface area (Å²) in [7, 11) is 1.86. The minimum absolute atomic E-state index is 0.287. The van der Waals surface area contributed by atoms with Gasteiger partial charge in [-0.15, -0.1) is 11.8 Å². The molecule has 2 aromatic carbocycles. The van der Waals surface area contributed by atoms with Gasteiger partial charge in [-0.2, -0.15) is 5.10 Å². The molecule has 0 aliphatic heterocycles. The summed E-state index contributed by atoms with van der Waals surface area (Å²) in [5.74, 6) is -0.386. The lowest BCUT2D eigenvalue weighted by molar-refractivity contribution is 0.0523. The molecule has 7 heteroatoms. The summed E-state index contributed by atoms with van der Waals surface area (Å²) in [6, 6.07) is 15.5. The second-order valence-corrected chi connectivity index (χ2v) is 8.39. The molecule has 2 heterocycles. The van der Waals surface area contributed by atoms with E-state index in [1.807, 2.05) is 68.8 Å². The minimum Gasteiger partial charge on any atom is -0.462 e. The lowest BCUT2D eigenvalue weighted by Gasteiger charge is -2.14. The predicted octanol–water partition coefficient (Wildman–Crippen LogP) is 6.16. The van der Waals surface area contributed by atoms with Crippen molar-refractivity contribution in [2.24, 2.45) is 7.05 Å². The van der Waals surface area contributed by atoms with Crippen LogP contribution >= 0.6 is 23.4 Å². The van der Waals surface area contributed by atoms with Crippen LogP contribution in [0.1, 0.15) is 22.8 Å². The maximum absolute atomic E-state index is 13.1. The molecule has 0 spiro atoms. The van der Waals surface area contributed by atoms with Gasteiger partial charge in [0.1, 0.15) is 11.3 Å². The van der Waals surface area contributed by atoms with E-state index in [0.717, 1.165) is 32.7 Å². The molecule has 0 aliphatic carbocycles. The highest BCUT2D eigenvalue weighted by Gasteiger charge is 2.27. The number of fused-ring (bicyclic) bond motifs is 1. The largest absolute Gasteiger partial charge is 0.462 e. The van der Waals surface area contributed by atoms with Crippen LogP contribution in [0.5, 0.6) is 0 Å². The second kappa shape index (κ2) is 8.73. The Kier molecular flexibility index (Phi) is 6.03. The summed E-state index contributed by atoms with van der Waals surface area (Å²) in [4.78, 5) is 18.8. The molecule has 0 saturated carbocycles. The van der Waals surface area contributed by atoms with Crippen LogP contribution in [-0.2, 0) is 11.8 Å². The van der Waals surface area contributed by atoms with Crippen LogP contribution in [0, 0.1) is 6.92 Å². The van der Waals surface area contributed by atoms with E-state index >= 15 is 0 Å². The van der Waals surface area contributed by atoms with Crippen LogP contribution < -0.4 is 0 Å². The number of rotatable bonds is 5. The first kappa shape index (κ1) is 21.4. The van der Waals surface area contributed by atoms with E-state index < -0.39 is 0 Å². The number of halogens is 1. The topological polar surface area (TPSA) is 57.0 Å². The van der Waals surface area contributed by atoms with Gasteiger partial charge in [-0.25, -0.2) is 14.5 Å². The average molecular weight is 452 g/mol. The summed E-state index contributed by atoms with van der Waals surface area (Å²) in [5.41, 5.74) is 5.43. The molecule has 0 radical (unpaired) electrons. The number of hydrogen-bond donors (Lipinski definition) is 0. The Bertz CT molecular complexity index is 1270. The van der Waals surface area contributed by atoms with Crippen molar-refractivity contribution in [3.05, 3.63) is 64.7 Å². The molecule has 0 amide bonds. The zero-order valence-electron chi connectivity index (χ0n) is 17.8. The molecule has 0 saturated heterocycles. The molecule has 0 fully saturated rings. The zero-order valence-corrected chi connectivity index (χ0v) is 19.3. The smallest absolute Gasteiger partial charge is 0.341 e. The number of ether oxygens (including phenoxy) is 1. The van der Waals surface area contributed by atoms with Crippen LogP contribution in [0.15, 0.2) is 53.4 Å². The molecule has 0 atom stereocenters. The number of aryl methyl sites for hydroxylation is 2. The Morgan fingerprint density at radius 1 is 1.06 bits per heavy atom. The molecule has 4 aromatic rings. The van der Waals surface area contributed by atoms with Gasteiger partial charge >= 0.3 is 5.97 Å². The third kappa shape index (κ3) is 3.93. The lowest BCUT2D eigenvalue weighted by Crippen LogP contribution is -2.10. The van der Waals surface area contributed by atoms with Crippen molar-refractivity contribution < 1.29 is 9.53 Å². The maximum atomic E-state index is 13.1. The molecule has 0 aliphatic rings. The SMILES string of the molecule is CCOC(=O)c1c(-c2ccc(C)cc2)nc2c(c(-c3ccc(Cl)cc3)nn2C)c1SC. The van der Waals surface area contributed by atoms with Gasteiger partial charge in [0.05, 0.1) is 17.7 Å². The predicted molar refractivity (Wildman–Crippen MR) is 127 cm³/mol. The molecule has 31 heavy (non-hydrogen) atoms. The van der Waals surface area contributed by atoms with Crippen molar-refractivity contribution in [2.45, 2.75) is 18.7 Å². The van der Waals surface area contributed by atoms with Gasteiger partial charge in [0.15, 0.2) is 5.65 Å². The van der Waals surface area contributed by atoms with Crippen molar-refractivity contribution in [1.82, 2.24) is 14.8 Å². The average Bonchev–Trinajstić information content (AvgIpc) is 3.10. The zero-order chi connectivity index (χ0) is 22.1. The summed E-state index contributed by atoms with van der Waals surface area (Å²) in [5, 5.41) is 6.22. The molecular weight excluding hydrogens is 430 g/mol. The molecule has 2 aromatic heterocycles. The van der Waals surface area contributed by atoms with E-state index in [2.05, 4.69) is 0 Å². The highest BCUT2D eigenvalue weighted by atomic mass is 35.5. The van der Waals surface area contributed by atoms with E-state index in [4.69, 9.17) is 26.4 Å². The minimum atomic E-state index is -0.386. The van der Waals surface area contributed by atoms with E-state index in [9.17, 15) is 4.79 Å². The Labute approximate surface area is 190 Å². The van der Waals surface area contributed by atoms with E-state index in [0.29, 0.717) is 21.9 Å². The van der Waals surface area contributed by atoms with Crippen LogP contribution in [-0.4, -0.2) is 33.6 Å². The van der Waals surface area contributed by atoms with Crippen molar-refractivity contribution in [3.63, 3.8) is 0 Å². The highest BCUT2D eigenvalue weighted by molar-refractivity contribution is 7.99. The molecule has 4 rings (SSSR count). The highest BCUT2D eigenvalue weighted by Crippen LogP contribution is 2.40. The van der Waals surface area contributed by atoms with Crippen LogP contribution in [0.2, 0.25) is 5.02 Å². The number of thioether (sulfide) groups is 1. The Balaban J connectivity index is 2.08. The second-order valence-electron chi connectivity index (χ2n) is 7.13. The van der Waals surface area contributed by atoms with Crippen LogP contribution in [0.3, 0.4) is 0 Å². The first-order valence-corrected chi connectivity index (χ1v) is 11.5. The summed E-state index contributed by atoms with van der Waals surface area (Å²) < 4.78 is 7.19. The van der Waals surface area contributed by atoms with E-state index in [1.165, 1.54) is 11.8 Å². The summed E-state index contributed by atoms with van der Waals surface area (Å²) in [6.07, 6.45) is 1.95. The van der Waals surface area contributed by atoms with Crippen LogP contribution in [0.4, 0.5) is 0 Å². The Hall–Kier alpha value is -2.83. The van der Waals surface area contributed by atoms with E-state index in [-0.39, 0.29) is 12.6 Å². The number of carbonyl (C=O) groups excluding carboxylic acids is 1. The van der Waals surface area contributed by atoms with Gasteiger partial charge in [0.25, 0.3) is 0 Å². The fraction of sp³-hybridized carbons (Fsp3) is 0.208. The molecule has 5 nitrogen and oxygen atoms in total. The lowest BCUT2D eigenvalue weighted by atomic mass is 10.0. The van der Waals surface area contributed by atoms with Gasteiger partial charge in [-0.3, -0.25) is 0 Å². The number of benzene rings is 2. The normalized spacial score (nSPS) is 11.1. The molecule has 0 bridgehead atoms. The molecular formula is C24H22ClN3O2S. The number of esters is 1. The maximum Gasteiger partial charge on any atom is 0.341 e. The summed E-state index contributed by atoms with van der Waals surface area (Å²) >= 11 is 7.58. The van der Waals surface area contributed by atoms with Gasteiger partial charge in [0, 0.05) is 28.1 Å². The molecule has 158 valence electrons. The van der Waals surface area contributed by atoms with Crippen molar-refractivity contribution in [1.29, 1.82) is 0 Å². The van der Waals surface area contributed by atoms with Crippen LogP contribution in [0.25, 0.3) is 33.5 Å². The van der Waals surface area contributed by atoms with Crippen molar-refractivity contribution >= 4 is 40.4 Å². The van der Waals surface area contributed by atoms with Gasteiger partial charge in [-0.1, -0.05) is 53.6 Å². The van der Waals surface area contributed by atoms with Crippen molar-refractivity contribution in [2.75, 3.05) is 12.9 Å². The van der Waals surface area contributed by atoms with Gasteiger partial charge in [-0.05, 0) is 32.2 Å². The fourth-order valence-electron chi connectivity index (χ4n) is 3.57. The number of pyridine rings is 1. The Morgan fingerprint density at radius 3 is 2.29 bits per heavy atom. The number of aromatic nitrogens is 3. The number of nitrogens with zero attached hydrogens (tertiary/aromatic N) is 3. The van der Waals surface area contributed by atoms with Gasteiger partial charge in [0.2, 0.25) is 0 Å². The first-order valence-electron chi connectivity index (χ1n) is 9.89. The number of hydrogen-bond acceptors (Lipinski definition) is 5. The molecule has 0 N–H and O–H groups in total. The fourth-order valence-corrected chi connectivity index (χ4v) is 4.48. The van der Waals surface area contributed by atoms with Gasteiger partial charge < -0.3 is 4.74 Å². The summed E-state index contributed by atoms with van der Waals surface area (Å²) in [6.45, 7) is 4.12. The quantitative estimate of drug-likeness (QED) is 0.268. The third-order valence-corrected chi connectivity index (χ3v) is 6.12. The first-order chi connectivity index (χ1) is 14.9. The number of carbonyl (C=O) groups is 1. The standard InChI is InChI=1S/C24H22ClN3O2S/c1-5-30-24(29)19-20(15-8-6-14(2)7-9-15)26-23-18(22(19)31-4)21(27-28(23)3)16-10-12-17(25)13-11-16/h6-13H,5H2,1-4H3. The van der Waals surface area contributed by atoms with Crippen molar-refractivity contribution in [3.8, 4) is 22.5 Å². The monoisotopic (exact) mass is 451 g/mol.